The van der Waals surface area contributed by atoms with Gasteiger partial charge < -0.3 is 25.0 Å². The van der Waals surface area contributed by atoms with Crippen LogP contribution in [-0.4, -0.2) is 38.7 Å². The van der Waals surface area contributed by atoms with E-state index in [9.17, 15) is 9.59 Å². The van der Waals surface area contributed by atoms with Crippen LogP contribution in [0.5, 0.6) is 11.5 Å². The van der Waals surface area contributed by atoms with Gasteiger partial charge in [0.2, 0.25) is 5.91 Å². The Morgan fingerprint density at radius 3 is 2.31 bits per heavy atom. The Bertz CT molecular complexity index is 919. The topological polar surface area (TPSA) is 79.9 Å². The van der Waals surface area contributed by atoms with Gasteiger partial charge in [0.1, 0.15) is 0 Å². The summed E-state index contributed by atoms with van der Waals surface area (Å²) < 4.78 is 10.6. The number of urea groups is 1. The molecule has 7 heteroatoms. The lowest BCUT2D eigenvalue weighted by atomic mass is 10.1. The Balaban J connectivity index is 1.67. The number of carbonyl (C=O) groups excluding carboxylic acids is 2. The van der Waals surface area contributed by atoms with Crippen LogP contribution in [0.2, 0.25) is 0 Å². The van der Waals surface area contributed by atoms with Crippen molar-refractivity contribution in [2.75, 3.05) is 31.0 Å². The minimum atomic E-state index is -0.313. The number of anilines is 2. The smallest absolute Gasteiger partial charge is 0.319 e. The highest BCUT2D eigenvalue weighted by Crippen LogP contribution is 2.33. The molecule has 2 aromatic rings. The molecule has 0 aromatic heterocycles. The van der Waals surface area contributed by atoms with E-state index in [1.165, 1.54) is 0 Å². The van der Waals surface area contributed by atoms with Crippen molar-refractivity contribution in [3.8, 4) is 11.5 Å². The lowest BCUT2D eigenvalue weighted by molar-refractivity contribution is -0.117. The van der Waals surface area contributed by atoms with E-state index in [4.69, 9.17) is 9.47 Å². The standard InChI is InChI=1S/C22H27N3O4/c1-13-8-14(2)21(15(3)9-13)24-22(27)23-16-10-20(26)25(12-16)17-6-7-18(28-4)19(11-17)29-5/h6-9,11,16H,10,12H2,1-5H3,(H2,23,24,27). The number of amides is 3. The Labute approximate surface area is 171 Å². The maximum Gasteiger partial charge on any atom is 0.319 e. The second-order valence-electron chi connectivity index (χ2n) is 7.32. The summed E-state index contributed by atoms with van der Waals surface area (Å²) in [6, 6.07) is 8.80. The van der Waals surface area contributed by atoms with E-state index >= 15 is 0 Å². The number of aryl methyl sites for hydroxylation is 3. The van der Waals surface area contributed by atoms with E-state index in [1.54, 1.807) is 37.3 Å². The average molecular weight is 397 g/mol. The summed E-state index contributed by atoms with van der Waals surface area (Å²) in [4.78, 5) is 26.7. The predicted molar refractivity (Wildman–Crippen MR) is 113 cm³/mol. The van der Waals surface area contributed by atoms with E-state index in [1.807, 2.05) is 32.9 Å². The molecule has 29 heavy (non-hydrogen) atoms. The quantitative estimate of drug-likeness (QED) is 0.809. The van der Waals surface area contributed by atoms with Crippen molar-refractivity contribution >= 4 is 23.3 Å². The Kier molecular flexibility index (Phi) is 5.96. The summed E-state index contributed by atoms with van der Waals surface area (Å²) in [6.07, 6.45) is 0.244. The van der Waals surface area contributed by atoms with Crippen LogP contribution in [-0.2, 0) is 4.79 Å². The highest BCUT2D eigenvalue weighted by atomic mass is 16.5. The minimum Gasteiger partial charge on any atom is -0.493 e. The van der Waals surface area contributed by atoms with Crippen molar-refractivity contribution in [1.29, 1.82) is 0 Å². The lowest BCUT2D eigenvalue weighted by Crippen LogP contribution is -2.40. The number of methoxy groups -OCH3 is 2. The van der Waals surface area contributed by atoms with E-state index in [0.29, 0.717) is 23.7 Å². The van der Waals surface area contributed by atoms with Gasteiger partial charge in [-0.2, -0.15) is 0 Å². The summed E-state index contributed by atoms with van der Waals surface area (Å²) in [5.74, 6) is 1.10. The first-order chi connectivity index (χ1) is 13.8. The molecule has 1 heterocycles. The largest absolute Gasteiger partial charge is 0.493 e. The molecule has 1 aliphatic heterocycles. The molecule has 1 saturated heterocycles. The van der Waals surface area contributed by atoms with Gasteiger partial charge in [0, 0.05) is 30.4 Å². The molecular weight excluding hydrogens is 370 g/mol. The molecule has 0 radical (unpaired) electrons. The minimum absolute atomic E-state index is 0.0507. The van der Waals surface area contributed by atoms with Crippen molar-refractivity contribution in [3.63, 3.8) is 0 Å². The number of carbonyl (C=O) groups is 2. The second kappa shape index (κ2) is 8.43. The van der Waals surface area contributed by atoms with Crippen molar-refractivity contribution in [3.05, 3.63) is 47.0 Å². The summed E-state index contributed by atoms with van der Waals surface area (Å²) in [6.45, 7) is 6.35. The zero-order valence-corrected chi connectivity index (χ0v) is 17.5. The first kappa shape index (κ1) is 20.5. The summed E-state index contributed by atoms with van der Waals surface area (Å²) in [5.41, 5.74) is 4.67. The fraction of sp³-hybridized carbons (Fsp3) is 0.364. The SMILES string of the molecule is COc1ccc(N2CC(NC(=O)Nc3c(C)cc(C)cc3C)CC2=O)cc1OC. The molecule has 0 aliphatic carbocycles. The zero-order chi connectivity index (χ0) is 21.1. The van der Waals surface area contributed by atoms with E-state index in [0.717, 1.165) is 22.4 Å². The van der Waals surface area contributed by atoms with Crippen LogP contribution in [0.4, 0.5) is 16.2 Å². The second-order valence-corrected chi connectivity index (χ2v) is 7.32. The van der Waals surface area contributed by atoms with Crippen molar-refractivity contribution in [1.82, 2.24) is 5.32 Å². The van der Waals surface area contributed by atoms with Gasteiger partial charge in [-0.05, 0) is 44.0 Å². The van der Waals surface area contributed by atoms with E-state index in [-0.39, 0.29) is 24.4 Å². The van der Waals surface area contributed by atoms with Gasteiger partial charge in [-0.3, -0.25) is 4.79 Å². The van der Waals surface area contributed by atoms with Gasteiger partial charge in [0.25, 0.3) is 0 Å². The third-order valence-electron chi connectivity index (χ3n) is 5.05. The Morgan fingerprint density at radius 2 is 1.69 bits per heavy atom. The van der Waals surface area contributed by atoms with Gasteiger partial charge in [0.05, 0.1) is 20.3 Å². The first-order valence-corrected chi connectivity index (χ1v) is 9.50. The maximum atomic E-state index is 12.5. The molecular formula is C22H27N3O4. The molecule has 2 N–H and O–H groups in total. The molecule has 1 unspecified atom stereocenters. The number of nitrogens with zero attached hydrogens (tertiary/aromatic N) is 1. The molecule has 1 atom stereocenters. The van der Waals surface area contributed by atoms with Crippen LogP contribution in [0.3, 0.4) is 0 Å². The van der Waals surface area contributed by atoms with E-state index in [2.05, 4.69) is 10.6 Å². The Morgan fingerprint density at radius 1 is 1.03 bits per heavy atom. The number of benzene rings is 2. The number of nitrogens with one attached hydrogen (secondary N) is 2. The molecule has 3 rings (SSSR count). The summed E-state index contributed by atoms with van der Waals surface area (Å²) in [5, 5.41) is 5.83. The van der Waals surface area contributed by atoms with Gasteiger partial charge in [-0.25, -0.2) is 4.79 Å². The van der Waals surface area contributed by atoms with Crippen LogP contribution in [0.15, 0.2) is 30.3 Å². The third-order valence-corrected chi connectivity index (χ3v) is 5.05. The fourth-order valence-corrected chi connectivity index (χ4v) is 3.76. The monoisotopic (exact) mass is 397 g/mol. The number of hydrogen-bond donors (Lipinski definition) is 2. The van der Waals surface area contributed by atoms with Gasteiger partial charge in [-0.1, -0.05) is 17.7 Å². The maximum absolute atomic E-state index is 12.5. The third kappa shape index (κ3) is 4.45. The fourth-order valence-electron chi connectivity index (χ4n) is 3.76. The number of rotatable bonds is 5. The van der Waals surface area contributed by atoms with Crippen molar-refractivity contribution in [2.24, 2.45) is 0 Å². The molecule has 7 nitrogen and oxygen atoms in total. The molecule has 154 valence electrons. The molecule has 0 saturated carbocycles. The molecule has 1 aliphatic rings. The predicted octanol–water partition coefficient (Wildman–Crippen LogP) is 3.56. The number of ether oxygens (including phenoxy) is 2. The lowest BCUT2D eigenvalue weighted by Gasteiger charge is -2.19. The van der Waals surface area contributed by atoms with Gasteiger partial charge >= 0.3 is 6.03 Å². The van der Waals surface area contributed by atoms with Crippen molar-refractivity contribution < 1.29 is 19.1 Å². The van der Waals surface area contributed by atoms with Crippen LogP contribution in [0.1, 0.15) is 23.1 Å². The van der Waals surface area contributed by atoms with Crippen LogP contribution >= 0.6 is 0 Å². The Hall–Kier alpha value is -3.22. The summed E-state index contributed by atoms with van der Waals surface area (Å²) >= 11 is 0. The number of hydrogen-bond acceptors (Lipinski definition) is 4. The average Bonchev–Trinajstić information content (AvgIpc) is 3.04. The molecule has 2 aromatic carbocycles. The van der Waals surface area contributed by atoms with Crippen molar-refractivity contribution in [2.45, 2.75) is 33.2 Å². The first-order valence-electron chi connectivity index (χ1n) is 9.50. The normalized spacial score (nSPS) is 16.0. The molecule has 1 fully saturated rings. The molecule has 3 amide bonds. The van der Waals surface area contributed by atoms with Crippen LogP contribution in [0.25, 0.3) is 0 Å². The zero-order valence-electron chi connectivity index (χ0n) is 17.5. The molecule has 0 bridgehead atoms. The summed E-state index contributed by atoms with van der Waals surface area (Å²) in [7, 11) is 3.12. The van der Waals surface area contributed by atoms with Gasteiger partial charge in [0.15, 0.2) is 11.5 Å². The van der Waals surface area contributed by atoms with Crippen LogP contribution < -0.4 is 25.0 Å². The van der Waals surface area contributed by atoms with Crippen LogP contribution in [0, 0.1) is 20.8 Å². The molecule has 0 spiro atoms. The van der Waals surface area contributed by atoms with E-state index < -0.39 is 0 Å². The highest BCUT2D eigenvalue weighted by Gasteiger charge is 2.32. The highest BCUT2D eigenvalue weighted by molar-refractivity contribution is 5.98. The van der Waals surface area contributed by atoms with Gasteiger partial charge in [-0.15, -0.1) is 0 Å².